The second-order valence-electron chi connectivity index (χ2n) is 8.01. The maximum absolute atomic E-state index is 13.1. The number of rotatable bonds is 7. The molecule has 0 saturated carbocycles. The van der Waals surface area contributed by atoms with Crippen molar-refractivity contribution >= 4 is 68.1 Å². The second-order valence-corrected chi connectivity index (χ2v) is 10.7. The third-order valence-corrected chi connectivity index (χ3v) is 7.66. The van der Waals surface area contributed by atoms with E-state index in [1.54, 1.807) is 30.3 Å². The lowest BCUT2D eigenvalue weighted by Gasteiger charge is -2.14. The van der Waals surface area contributed by atoms with Crippen LogP contribution in [0.3, 0.4) is 0 Å². The van der Waals surface area contributed by atoms with E-state index in [1.165, 1.54) is 7.11 Å². The number of fused-ring (bicyclic) bond motifs is 1. The Kier molecular flexibility index (Phi) is 7.57. The maximum atomic E-state index is 13.1. The Labute approximate surface area is 235 Å². The fourth-order valence-corrected chi connectivity index (χ4v) is 5.33. The van der Waals surface area contributed by atoms with Gasteiger partial charge in [0.1, 0.15) is 6.61 Å². The molecule has 3 aromatic rings. The number of amides is 2. The Balaban J connectivity index is 1.34. The summed E-state index contributed by atoms with van der Waals surface area (Å²) < 4.78 is 23.1. The first kappa shape index (κ1) is 25.8. The normalized spacial score (nSPS) is 15.6. The lowest BCUT2D eigenvalue weighted by Crippen LogP contribution is -2.27. The molecule has 1 fully saturated rings. The molecule has 3 aromatic carbocycles. The molecule has 5 rings (SSSR count). The number of thioether (sulfide) groups is 1. The van der Waals surface area contributed by atoms with Crippen molar-refractivity contribution in [2.75, 3.05) is 13.9 Å². The molecule has 2 aliphatic rings. The molecular formula is C26H18BrCl2NO6S. The number of hydrogen-bond acceptors (Lipinski definition) is 7. The Hall–Kier alpha value is -2.85. The molecule has 190 valence electrons. The first-order valence-corrected chi connectivity index (χ1v) is 13.3. The van der Waals surface area contributed by atoms with Crippen LogP contribution in [-0.2, 0) is 17.9 Å². The third-order valence-electron chi connectivity index (χ3n) is 5.59. The topological polar surface area (TPSA) is 74.3 Å². The SMILES string of the molecule is COc1cc(/C=C2\SC(=O)N(Cc3cc4c(cc3Cl)OCO4)C2=O)cc(Cl)c1OCc1ccc(Br)cc1. The van der Waals surface area contributed by atoms with Crippen LogP contribution in [0.1, 0.15) is 16.7 Å². The Morgan fingerprint density at radius 2 is 1.78 bits per heavy atom. The number of hydrogen-bond donors (Lipinski definition) is 0. The quantitative estimate of drug-likeness (QED) is 0.256. The van der Waals surface area contributed by atoms with Crippen LogP contribution < -0.4 is 18.9 Å². The molecule has 11 heteroatoms. The molecule has 37 heavy (non-hydrogen) atoms. The van der Waals surface area contributed by atoms with Gasteiger partial charge in [0.15, 0.2) is 23.0 Å². The van der Waals surface area contributed by atoms with E-state index in [-0.39, 0.29) is 18.2 Å². The minimum Gasteiger partial charge on any atom is -0.493 e. The van der Waals surface area contributed by atoms with Crippen molar-refractivity contribution < 1.29 is 28.5 Å². The zero-order chi connectivity index (χ0) is 26.1. The summed E-state index contributed by atoms with van der Waals surface area (Å²) in [4.78, 5) is 27.1. The standard InChI is InChI=1S/C26H18BrCl2NO6S/c1-33-22-7-15(6-19(29)24(22)34-12-14-2-4-17(27)5-3-14)8-23-25(31)30(26(32)37-23)11-16-9-20-21(10-18(16)28)36-13-35-20/h2-10H,11-13H2,1H3/b23-8-. The van der Waals surface area contributed by atoms with Crippen LogP contribution in [0.4, 0.5) is 4.79 Å². The van der Waals surface area contributed by atoms with Crippen molar-refractivity contribution in [1.29, 1.82) is 0 Å². The lowest BCUT2D eigenvalue weighted by atomic mass is 10.1. The number of nitrogens with zero attached hydrogens (tertiary/aromatic N) is 1. The van der Waals surface area contributed by atoms with E-state index in [4.69, 9.17) is 42.1 Å². The van der Waals surface area contributed by atoms with Crippen LogP contribution in [0, 0.1) is 0 Å². The van der Waals surface area contributed by atoms with Crippen LogP contribution in [0.5, 0.6) is 23.0 Å². The summed E-state index contributed by atoms with van der Waals surface area (Å²) in [5, 5.41) is 0.286. The molecule has 0 aromatic heterocycles. The van der Waals surface area contributed by atoms with E-state index in [0.29, 0.717) is 50.8 Å². The predicted molar refractivity (Wildman–Crippen MR) is 146 cm³/mol. The van der Waals surface area contributed by atoms with E-state index in [9.17, 15) is 9.59 Å². The van der Waals surface area contributed by atoms with Gasteiger partial charge >= 0.3 is 0 Å². The van der Waals surface area contributed by atoms with Crippen molar-refractivity contribution in [3.8, 4) is 23.0 Å². The van der Waals surface area contributed by atoms with Crippen LogP contribution in [-0.4, -0.2) is 29.9 Å². The Morgan fingerprint density at radius 1 is 1.05 bits per heavy atom. The van der Waals surface area contributed by atoms with Crippen LogP contribution in [0.15, 0.2) is 57.9 Å². The molecule has 0 spiro atoms. The van der Waals surface area contributed by atoms with Gasteiger partial charge in [0.05, 0.1) is 23.6 Å². The molecule has 2 aliphatic heterocycles. The van der Waals surface area contributed by atoms with Gasteiger partial charge in [-0.15, -0.1) is 0 Å². The average molecular weight is 623 g/mol. The Bertz CT molecular complexity index is 1430. The Morgan fingerprint density at radius 3 is 2.51 bits per heavy atom. The minimum absolute atomic E-state index is 0.00436. The molecular weight excluding hydrogens is 605 g/mol. The molecule has 1 saturated heterocycles. The van der Waals surface area contributed by atoms with E-state index >= 15 is 0 Å². The van der Waals surface area contributed by atoms with Gasteiger partial charge in [-0.1, -0.05) is 51.3 Å². The smallest absolute Gasteiger partial charge is 0.293 e. The summed E-state index contributed by atoms with van der Waals surface area (Å²) in [7, 11) is 1.50. The number of halogens is 3. The van der Waals surface area contributed by atoms with Crippen LogP contribution >= 0.6 is 50.9 Å². The number of imide groups is 1. The lowest BCUT2D eigenvalue weighted by molar-refractivity contribution is -0.123. The summed E-state index contributed by atoms with van der Waals surface area (Å²) in [6, 6.07) is 14.4. The highest BCUT2D eigenvalue weighted by Crippen LogP contribution is 2.41. The van der Waals surface area contributed by atoms with Crippen molar-refractivity contribution in [1.82, 2.24) is 4.90 Å². The highest BCUT2D eigenvalue weighted by molar-refractivity contribution is 9.10. The number of benzene rings is 3. The molecule has 0 radical (unpaired) electrons. The van der Waals surface area contributed by atoms with Gasteiger partial charge in [0, 0.05) is 15.6 Å². The first-order valence-electron chi connectivity index (χ1n) is 10.9. The highest BCUT2D eigenvalue weighted by Gasteiger charge is 2.36. The minimum atomic E-state index is -0.436. The largest absolute Gasteiger partial charge is 0.493 e. The fourth-order valence-electron chi connectivity index (χ4n) is 3.74. The van der Waals surface area contributed by atoms with E-state index < -0.39 is 11.1 Å². The summed E-state index contributed by atoms with van der Waals surface area (Å²) in [5.41, 5.74) is 2.12. The molecule has 0 atom stereocenters. The molecule has 2 heterocycles. The zero-order valence-electron chi connectivity index (χ0n) is 19.3. The van der Waals surface area contributed by atoms with Crippen LogP contribution in [0.2, 0.25) is 10.0 Å². The number of carbonyl (C=O) groups excluding carboxylic acids is 2. The summed E-state index contributed by atoms with van der Waals surface area (Å²) in [5.74, 6) is 1.40. The van der Waals surface area contributed by atoms with E-state index in [2.05, 4.69) is 15.9 Å². The molecule has 0 bridgehead atoms. The van der Waals surface area contributed by atoms with Crippen molar-refractivity contribution in [3.05, 3.63) is 84.6 Å². The zero-order valence-corrected chi connectivity index (χ0v) is 23.2. The number of carbonyl (C=O) groups is 2. The molecule has 0 unspecified atom stereocenters. The summed E-state index contributed by atoms with van der Waals surface area (Å²) in [6.45, 7) is 0.397. The molecule has 0 aliphatic carbocycles. The predicted octanol–water partition coefficient (Wildman–Crippen LogP) is 7.31. The monoisotopic (exact) mass is 621 g/mol. The fraction of sp³-hybridized carbons (Fsp3) is 0.154. The average Bonchev–Trinajstić information content (AvgIpc) is 3.43. The number of methoxy groups -OCH3 is 1. The van der Waals surface area contributed by atoms with Crippen LogP contribution in [0.25, 0.3) is 6.08 Å². The van der Waals surface area contributed by atoms with Gasteiger partial charge in [0.25, 0.3) is 11.1 Å². The van der Waals surface area contributed by atoms with Crippen molar-refractivity contribution in [2.45, 2.75) is 13.2 Å². The summed E-state index contributed by atoms with van der Waals surface area (Å²) in [6.07, 6.45) is 1.60. The number of ether oxygens (including phenoxy) is 4. The molecule has 2 amide bonds. The molecule has 7 nitrogen and oxygen atoms in total. The van der Waals surface area contributed by atoms with Gasteiger partial charge in [-0.05, 0) is 64.9 Å². The first-order chi connectivity index (χ1) is 17.8. The van der Waals surface area contributed by atoms with E-state index in [0.717, 1.165) is 26.7 Å². The van der Waals surface area contributed by atoms with Gasteiger partial charge < -0.3 is 18.9 Å². The maximum Gasteiger partial charge on any atom is 0.293 e. The third kappa shape index (κ3) is 5.55. The van der Waals surface area contributed by atoms with Crippen molar-refractivity contribution in [2.24, 2.45) is 0 Å². The summed E-state index contributed by atoms with van der Waals surface area (Å²) >= 11 is 17.1. The molecule has 0 N–H and O–H groups in total. The van der Waals surface area contributed by atoms with Gasteiger partial charge in [-0.3, -0.25) is 14.5 Å². The highest BCUT2D eigenvalue weighted by atomic mass is 79.9. The van der Waals surface area contributed by atoms with Crippen molar-refractivity contribution in [3.63, 3.8) is 0 Å². The van der Waals surface area contributed by atoms with E-state index in [1.807, 2.05) is 24.3 Å². The van der Waals surface area contributed by atoms with Gasteiger partial charge in [-0.2, -0.15) is 0 Å². The second kappa shape index (κ2) is 10.9. The van der Waals surface area contributed by atoms with Gasteiger partial charge in [-0.25, -0.2) is 0 Å². The van der Waals surface area contributed by atoms with Gasteiger partial charge in [0.2, 0.25) is 6.79 Å².